The maximum atomic E-state index is 12.9. The fraction of sp³-hybridized carbons (Fsp3) is 0.462. The predicted octanol–water partition coefficient (Wildman–Crippen LogP) is 4.69. The minimum Gasteiger partial charge on any atom is -0.339 e. The van der Waals surface area contributed by atoms with Crippen LogP contribution in [0, 0.1) is 12.8 Å². The van der Waals surface area contributed by atoms with Crippen LogP contribution in [0.3, 0.4) is 0 Å². The molecule has 1 aliphatic heterocycles. The molecular formula is C26H35N3O2. The van der Waals surface area contributed by atoms with Crippen molar-refractivity contribution in [3.8, 4) is 0 Å². The number of carbonyl (C=O) groups excluding carboxylic acids is 2. The Bertz CT molecular complexity index is 851. The van der Waals surface area contributed by atoms with Crippen LogP contribution in [0.2, 0.25) is 0 Å². The van der Waals surface area contributed by atoms with E-state index in [2.05, 4.69) is 41.8 Å². The highest BCUT2D eigenvalue weighted by atomic mass is 16.2. The van der Waals surface area contributed by atoms with E-state index in [-0.39, 0.29) is 18.0 Å². The second-order valence-electron chi connectivity index (χ2n) is 8.94. The van der Waals surface area contributed by atoms with E-state index >= 15 is 0 Å². The molecule has 0 saturated carbocycles. The fourth-order valence-electron chi connectivity index (χ4n) is 3.99. The Kier molecular flexibility index (Phi) is 8.10. The Morgan fingerprint density at radius 1 is 0.968 bits per heavy atom. The number of hydrogen-bond donors (Lipinski definition) is 2. The Labute approximate surface area is 186 Å². The molecule has 0 atom stereocenters. The van der Waals surface area contributed by atoms with Gasteiger partial charge in [0.2, 0.25) is 0 Å². The zero-order valence-electron chi connectivity index (χ0n) is 19.0. The first kappa shape index (κ1) is 22.9. The third kappa shape index (κ3) is 7.12. The molecule has 2 aromatic carbocycles. The minimum absolute atomic E-state index is 0.103. The molecule has 2 aromatic rings. The van der Waals surface area contributed by atoms with E-state index in [0.717, 1.165) is 37.9 Å². The molecule has 0 radical (unpaired) electrons. The van der Waals surface area contributed by atoms with Gasteiger partial charge in [0.05, 0.1) is 0 Å². The molecule has 3 amide bonds. The van der Waals surface area contributed by atoms with E-state index in [9.17, 15) is 9.59 Å². The van der Waals surface area contributed by atoms with Gasteiger partial charge in [-0.1, -0.05) is 42.0 Å². The quantitative estimate of drug-likeness (QED) is 0.681. The van der Waals surface area contributed by atoms with Crippen molar-refractivity contribution in [1.82, 2.24) is 15.5 Å². The lowest BCUT2D eigenvalue weighted by Crippen LogP contribution is -2.39. The molecular weight excluding hydrogens is 386 g/mol. The zero-order chi connectivity index (χ0) is 22.2. The van der Waals surface area contributed by atoms with Crippen LogP contribution >= 0.6 is 0 Å². The van der Waals surface area contributed by atoms with Crippen molar-refractivity contribution < 1.29 is 9.59 Å². The van der Waals surface area contributed by atoms with Crippen LogP contribution in [0.25, 0.3) is 0 Å². The van der Waals surface area contributed by atoms with Crippen LogP contribution < -0.4 is 10.6 Å². The van der Waals surface area contributed by atoms with Crippen molar-refractivity contribution in [2.24, 2.45) is 5.92 Å². The SMILES string of the molecule is Cc1ccc(CCC2CCN(C(=O)c3ccc(CNC(=O)NC(C)C)cc3)CC2)cc1. The molecule has 31 heavy (non-hydrogen) atoms. The topological polar surface area (TPSA) is 61.4 Å². The van der Waals surface area contributed by atoms with Crippen LogP contribution in [-0.4, -0.2) is 36.0 Å². The maximum Gasteiger partial charge on any atom is 0.315 e. The van der Waals surface area contributed by atoms with Crippen molar-refractivity contribution >= 4 is 11.9 Å². The summed E-state index contributed by atoms with van der Waals surface area (Å²) >= 11 is 0. The van der Waals surface area contributed by atoms with Gasteiger partial charge in [-0.15, -0.1) is 0 Å². The highest BCUT2D eigenvalue weighted by Crippen LogP contribution is 2.24. The second-order valence-corrected chi connectivity index (χ2v) is 8.94. The highest BCUT2D eigenvalue weighted by Gasteiger charge is 2.23. The molecule has 1 fully saturated rings. The number of urea groups is 1. The summed E-state index contributed by atoms with van der Waals surface area (Å²) in [7, 11) is 0. The first-order chi connectivity index (χ1) is 14.9. The van der Waals surface area contributed by atoms with Gasteiger partial charge in [0.25, 0.3) is 5.91 Å². The van der Waals surface area contributed by atoms with Crippen LogP contribution in [0.1, 0.15) is 60.2 Å². The number of hydrogen-bond acceptors (Lipinski definition) is 2. The van der Waals surface area contributed by atoms with Gasteiger partial charge < -0.3 is 15.5 Å². The summed E-state index contributed by atoms with van der Waals surface area (Å²) in [6, 6.07) is 16.3. The third-order valence-corrected chi connectivity index (χ3v) is 5.94. The number of benzene rings is 2. The molecule has 0 unspecified atom stereocenters. The van der Waals surface area contributed by atoms with Gasteiger partial charge >= 0.3 is 6.03 Å². The van der Waals surface area contributed by atoms with E-state index in [1.807, 2.05) is 43.0 Å². The summed E-state index contributed by atoms with van der Waals surface area (Å²) in [6.45, 7) is 8.07. The van der Waals surface area contributed by atoms with E-state index in [1.54, 1.807) is 0 Å². The van der Waals surface area contributed by atoms with Crippen molar-refractivity contribution in [3.05, 3.63) is 70.8 Å². The Morgan fingerprint density at radius 2 is 1.58 bits per heavy atom. The van der Waals surface area contributed by atoms with E-state index < -0.39 is 0 Å². The van der Waals surface area contributed by atoms with Gasteiger partial charge in [-0.25, -0.2) is 4.79 Å². The molecule has 1 saturated heterocycles. The number of nitrogens with zero attached hydrogens (tertiary/aromatic N) is 1. The highest BCUT2D eigenvalue weighted by molar-refractivity contribution is 5.94. The number of aryl methyl sites for hydroxylation is 2. The van der Waals surface area contributed by atoms with Crippen LogP contribution in [0.15, 0.2) is 48.5 Å². The number of likely N-dealkylation sites (tertiary alicyclic amines) is 1. The molecule has 166 valence electrons. The average Bonchev–Trinajstić information content (AvgIpc) is 2.77. The number of nitrogens with one attached hydrogen (secondary N) is 2. The predicted molar refractivity (Wildman–Crippen MR) is 125 cm³/mol. The summed E-state index contributed by atoms with van der Waals surface area (Å²) in [4.78, 5) is 26.5. The molecule has 5 heteroatoms. The summed E-state index contributed by atoms with van der Waals surface area (Å²) in [6.07, 6.45) is 4.45. The van der Waals surface area contributed by atoms with E-state index in [1.165, 1.54) is 17.5 Å². The van der Waals surface area contributed by atoms with E-state index in [0.29, 0.717) is 18.0 Å². The molecule has 3 rings (SSSR count). The number of rotatable bonds is 7. The Balaban J connectivity index is 1.42. The van der Waals surface area contributed by atoms with Gasteiger partial charge in [-0.05, 0) is 75.6 Å². The number of amides is 3. The van der Waals surface area contributed by atoms with Crippen LogP contribution in [0.5, 0.6) is 0 Å². The van der Waals surface area contributed by atoms with Crippen LogP contribution in [0.4, 0.5) is 4.79 Å². The normalized spacial score (nSPS) is 14.5. The third-order valence-electron chi connectivity index (χ3n) is 5.94. The van der Waals surface area contributed by atoms with E-state index in [4.69, 9.17) is 0 Å². The van der Waals surface area contributed by atoms with Crippen molar-refractivity contribution in [2.75, 3.05) is 13.1 Å². The molecule has 1 aliphatic rings. The minimum atomic E-state index is -0.180. The van der Waals surface area contributed by atoms with Crippen molar-refractivity contribution in [3.63, 3.8) is 0 Å². The molecule has 0 spiro atoms. The summed E-state index contributed by atoms with van der Waals surface area (Å²) in [5.74, 6) is 0.796. The Hall–Kier alpha value is -2.82. The van der Waals surface area contributed by atoms with Gasteiger partial charge in [-0.3, -0.25) is 4.79 Å². The zero-order valence-corrected chi connectivity index (χ0v) is 19.0. The number of piperidine rings is 1. The summed E-state index contributed by atoms with van der Waals surface area (Å²) in [5, 5.41) is 5.63. The van der Waals surface area contributed by atoms with Gasteiger partial charge in [0.15, 0.2) is 0 Å². The lowest BCUT2D eigenvalue weighted by molar-refractivity contribution is 0.0687. The van der Waals surface area contributed by atoms with Crippen molar-refractivity contribution in [1.29, 1.82) is 0 Å². The average molecular weight is 422 g/mol. The molecule has 2 N–H and O–H groups in total. The Morgan fingerprint density at radius 3 is 2.19 bits per heavy atom. The first-order valence-corrected chi connectivity index (χ1v) is 11.4. The standard InChI is InChI=1S/C26H35N3O2/c1-19(2)28-26(31)27-18-23-10-12-24(13-11-23)25(30)29-16-14-22(15-17-29)9-8-21-6-4-20(3)5-7-21/h4-7,10-13,19,22H,8-9,14-18H2,1-3H3,(H2,27,28,31). The van der Waals surface area contributed by atoms with Gasteiger partial charge in [-0.2, -0.15) is 0 Å². The first-order valence-electron chi connectivity index (χ1n) is 11.4. The lowest BCUT2D eigenvalue weighted by atomic mass is 9.90. The second kappa shape index (κ2) is 11.0. The maximum absolute atomic E-state index is 12.9. The van der Waals surface area contributed by atoms with Gasteiger partial charge in [0.1, 0.15) is 0 Å². The summed E-state index contributed by atoms with van der Waals surface area (Å²) < 4.78 is 0. The molecule has 0 aliphatic carbocycles. The van der Waals surface area contributed by atoms with Gasteiger partial charge in [0, 0.05) is 31.2 Å². The lowest BCUT2D eigenvalue weighted by Gasteiger charge is -2.32. The molecule has 1 heterocycles. The molecule has 5 nitrogen and oxygen atoms in total. The summed E-state index contributed by atoms with van der Waals surface area (Å²) in [5.41, 5.74) is 4.40. The molecule has 0 aromatic heterocycles. The largest absolute Gasteiger partial charge is 0.339 e. The van der Waals surface area contributed by atoms with Crippen molar-refractivity contribution in [2.45, 2.75) is 59.0 Å². The fourth-order valence-corrected chi connectivity index (χ4v) is 3.99. The smallest absolute Gasteiger partial charge is 0.315 e. The monoisotopic (exact) mass is 421 g/mol. The van der Waals surface area contributed by atoms with Crippen LogP contribution in [-0.2, 0) is 13.0 Å². The number of carbonyl (C=O) groups is 2. The molecule has 0 bridgehead atoms.